The third-order valence-electron chi connectivity index (χ3n) is 1.95. The Balaban J connectivity index is 1.92. The molecule has 3 nitrogen and oxygen atoms in total. The molecule has 0 saturated heterocycles. The lowest BCUT2D eigenvalue weighted by Gasteiger charge is -2.33. The first kappa shape index (κ1) is 7.98. The number of methoxy groups -OCH3 is 1. The molecular formula is C7H15NO2. The van der Waals surface area contributed by atoms with E-state index < -0.39 is 0 Å². The van der Waals surface area contributed by atoms with Crippen molar-refractivity contribution in [1.82, 2.24) is 5.32 Å². The van der Waals surface area contributed by atoms with E-state index in [4.69, 9.17) is 9.84 Å². The predicted octanol–water partition coefficient (Wildman–Crippen LogP) is -0.254. The number of rotatable bonds is 4. The fourth-order valence-electron chi connectivity index (χ4n) is 1.07. The standard InChI is InChI=1S/C7H15NO2/c1-10-5-4-8-6-2-3-7(6)9/h6-9H,2-5H2,1H3/t6-,7-/m1/s1. The Bertz CT molecular complexity index is 97.6. The molecule has 10 heavy (non-hydrogen) atoms. The van der Waals surface area contributed by atoms with Crippen molar-refractivity contribution in [3.8, 4) is 0 Å². The summed E-state index contributed by atoms with van der Waals surface area (Å²) < 4.78 is 4.85. The van der Waals surface area contributed by atoms with Gasteiger partial charge in [0, 0.05) is 19.7 Å². The summed E-state index contributed by atoms with van der Waals surface area (Å²) in [7, 11) is 1.68. The van der Waals surface area contributed by atoms with Crippen LogP contribution in [-0.4, -0.2) is 37.5 Å². The first-order valence-corrected chi connectivity index (χ1v) is 3.75. The average molecular weight is 145 g/mol. The van der Waals surface area contributed by atoms with E-state index in [1.54, 1.807) is 7.11 Å². The smallest absolute Gasteiger partial charge is 0.0693 e. The van der Waals surface area contributed by atoms with Crippen LogP contribution in [0.3, 0.4) is 0 Å². The van der Waals surface area contributed by atoms with Gasteiger partial charge in [0.15, 0.2) is 0 Å². The maximum atomic E-state index is 9.10. The van der Waals surface area contributed by atoms with Crippen LogP contribution in [0, 0.1) is 0 Å². The average Bonchev–Trinajstić information content (AvgIpc) is 1.95. The van der Waals surface area contributed by atoms with Gasteiger partial charge in [0.2, 0.25) is 0 Å². The summed E-state index contributed by atoms with van der Waals surface area (Å²) in [6.45, 7) is 1.57. The highest BCUT2D eigenvalue weighted by molar-refractivity contribution is 4.85. The van der Waals surface area contributed by atoms with Gasteiger partial charge in [0.05, 0.1) is 12.7 Å². The SMILES string of the molecule is COCCN[C@@H]1CC[C@H]1O. The topological polar surface area (TPSA) is 41.5 Å². The summed E-state index contributed by atoms with van der Waals surface area (Å²) in [5.41, 5.74) is 0. The highest BCUT2D eigenvalue weighted by atomic mass is 16.5. The van der Waals surface area contributed by atoms with Crippen LogP contribution >= 0.6 is 0 Å². The minimum Gasteiger partial charge on any atom is -0.392 e. The van der Waals surface area contributed by atoms with Crippen LogP contribution in [0.5, 0.6) is 0 Å². The monoisotopic (exact) mass is 145 g/mol. The first-order chi connectivity index (χ1) is 4.84. The molecule has 0 spiro atoms. The summed E-state index contributed by atoms with van der Waals surface area (Å²) >= 11 is 0. The normalized spacial score (nSPS) is 31.8. The number of aliphatic hydroxyl groups excluding tert-OH is 1. The Kier molecular flexibility index (Phi) is 3.12. The second-order valence-electron chi connectivity index (χ2n) is 2.70. The van der Waals surface area contributed by atoms with Gasteiger partial charge in [-0.05, 0) is 12.8 Å². The largest absolute Gasteiger partial charge is 0.392 e. The van der Waals surface area contributed by atoms with E-state index in [0.29, 0.717) is 6.04 Å². The van der Waals surface area contributed by atoms with Crippen molar-refractivity contribution in [2.45, 2.75) is 25.0 Å². The molecule has 2 atom stereocenters. The number of ether oxygens (including phenoxy) is 1. The van der Waals surface area contributed by atoms with Gasteiger partial charge in [0.1, 0.15) is 0 Å². The zero-order valence-corrected chi connectivity index (χ0v) is 6.34. The first-order valence-electron chi connectivity index (χ1n) is 3.75. The summed E-state index contributed by atoms with van der Waals surface area (Å²) in [5.74, 6) is 0. The van der Waals surface area contributed by atoms with Gasteiger partial charge >= 0.3 is 0 Å². The van der Waals surface area contributed by atoms with Crippen LogP contribution in [0.2, 0.25) is 0 Å². The second-order valence-corrected chi connectivity index (χ2v) is 2.70. The van der Waals surface area contributed by atoms with Gasteiger partial charge < -0.3 is 15.2 Å². The van der Waals surface area contributed by atoms with E-state index in [0.717, 1.165) is 26.0 Å². The highest BCUT2D eigenvalue weighted by Crippen LogP contribution is 2.18. The molecule has 0 aromatic carbocycles. The molecule has 1 aliphatic rings. The Morgan fingerprint density at radius 1 is 1.60 bits per heavy atom. The summed E-state index contributed by atoms with van der Waals surface area (Å²) in [6.07, 6.45) is 1.94. The molecule has 2 N–H and O–H groups in total. The fraction of sp³-hybridized carbons (Fsp3) is 1.00. The Hall–Kier alpha value is -0.120. The molecular weight excluding hydrogens is 130 g/mol. The van der Waals surface area contributed by atoms with Crippen molar-refractivity contribution >= 4 is 0 Å². The van der Waals surface area contributed by atoms with E-state index in [2.05, 4.69) is 5.32 Å². The lowest BCUT2D eigenvalue weighted by Crippen LogP contribution is -2.48. The van der Waals surface area contributed by atoms with Crippen LogP contribution in [-0.2, 0) is 4.74 Å². The molecule has 0 unspecified atom stereocenters. The van der Waals surface area contributed by atoms with Crippen LogP contribution in [0.1, 0.15) is 12.8 Å². The third kappa shape index (κ3) is 1.94. The number of nitrogens with one attached hydrogen (secondary N) is 1. The van der Waals surface area contributed by atoms with Gasteiger partial charge in [-0.2, -0.15) is 0 Å². The fourth-order valence-corrected chi connectivity index (χ4v) is 1.07. The molecule has 60 valence electrons. The lowest BCUT2D eigenvalue weighted by atomic mass is 9.89. The summed E-state index contributed by atoms with van der Waals surface area (Å²) in [6, 6.07) is 0.329. The number of aliphatic hydroxyl groups is 1. The molecule has 0 bridgehead atoms. The molecule has 0 aromatic heterocycles. The molecule has 1 saturated carbocycles. The molecule has 1 aliphatic carbocycles. The molecule has 0 aromatic rings. The van der Waals surface area contributed by atoms with Crippen molar-refractivity contribution in [2.24, 2.45) is 0 Å². The molecule has 0 radical (unpaired) electrons. The summed E-state index contributed by atoms with van der Waals surface area (Å²) in [5, 5.41) is 12.3. The Morgan fingerprint density at radius 3 is 2.80 bits per heavy atom. The van der Waals surface area contributed by atoms with Gasteiger partial charge in [-0.15, -0.1) is 0 Å². The van der Waals surface area contributed by atoms with Gasteiger partial charge in [-0.25, -0.2) is 0 Å². The second kappa shape index (κ2) is 3.91. The van der Waals surface area contributed by atoms with E-state index in [1.807, 2.05) is 0 Å². The maximum Gasteiger partial charge on any atom is 0.0693 e. The molecule has 3 heteroatoms. The summed E-state index contributed by atoms with van der Waals surface area (Å²) in [4.78, 5) is 0. The molecule has 1 rings (SSSR count). The van der Waals surface area contributed by atoms with Gasteiger partial charge in [-0.1, -0.05) is 0 Å². The van der Waals surface area contributed by atoms with Gasteiger partial charge in [0.25, 0.3) is 0 Å². The molecule has 0 amide bonds. The number of hydrogen-bond donors (Lipinski definition) is 2. The van der Waals surface area contributed by atoms with E-state index >= 15 is 0 Å². The van der Waals surface area contributed by atoms with Crippen molar-refractivity contribution in [3.63, 3.8) is 0 Å². The van der Waals surface area contributed by atoms with E-state index in [1.165, 1.54) is 0 Å². The van der Waals surface area contributed by atoms with Crippen LogP contribution < -0.4 is 5.32 Å². The molecule has 0 heterocycles. The van der Waals surface area contributed by atoms with E-state index in [9.17, 15) is 0 Å². The van der Waals surface area contributed by atoms with Crippen LogP contribution in [0.25, 0.3) is 0 Å². The molecule has 1 fully saturated rings. The lowest BCUT2D eigenvalue weighted by molar-refractivity contribution is 0.0463. The van der Waals surface area contributed by atoms with Crippen molar-refractivity contribution in [1.29, 1.82) is 0 Å². The zero-order chi connectivity index (χ0) is 7.40. The van der Waals surface area contributed by atoms with Crippen LogP contribution in [0.4, 0.5) is 0 Å². The van der Waals surface area contributed by atoms with Crippen LogP contribution in [0.15, 0.2) is 0 Å². The van der Waals surface area contributed by atoms with Gasteiger partial charge in [-0.3, -0.25) is 0 Å². The van der Waals surface area contributed by atoms with Crippen molar-refractivity contribution in [2.75, 3.05) is 20.3 Å². The number of hydrogen-bond acceptors (Lipinski definition) is 3. The molecule has 0 aliphatic heterocycles. The Morgan fingerprint density at radius 2 is 2.40 bits per heavy atom. The predicted molar refractivity (Wildman–Crippen MR) is 38.9 cm³/mol. The Labute approximate surface area is 61.4 Å². The highest BCUT2D eigenvalue weighted by Gasteiger charge is 2.27. The minimum absolute atomic E-state index is 0.114. The van der Waals surface area contributed by atoms with E-state index in [-0.39, 0.29) is 6.10 Å². The van der Waals surface area contributed by atoms with Crippen molar-refractivity contribution < 1.29 is 9.84 Å². The zero-order valence-electron chi connectivity index (χ0n) is 6.34. The maximum absolute atomic E-state index is 9.10. The minimum atomic E-state index is -0.114. The third-order valence-corrected chi connectivity index (χ3v) is 1.95. The van der Waals surface area contributed by atoms with Crippen molar-refractivity contribution in [3.05, 3.63) is 0 Å². The quantitative estimate of drug-likeness (QED) is 0.536.